The number of carbonyl (C=O) groups is 5. The first-order valence-corrected chi connectivity index (χ1v) is 24.9. The van der Waals surface area contributed by atoms with Gasteiger partial charge >= 0.3 is 29.8 Å². The number of hydrogen-bond donors (Lipinski definition) is 0. The summed E-state index contributed by atoms with van der Waals surface area (Å²) in [6.45, 7) is 14.3. The molecular weight excluding hydrogens is 891 g/mol. The summed E-state index contributed by atoms with van der Waals surface area (Å²) in [5.74, 6) is -1.76. The molecule has 0 saturated heterocycles. The van der Waals surface area contributed by atoms with Gasteiger partial charge in [-0.3, -0.25) is 14.4 Å². The second kappa shape index (κ2) is 32.2. The lowest BCUT2D eigenvalue weighted by atomic mass is 9.86. The first kappa shape index (κ1) is 55.9. The van der Waals surface area contributed by atoms with Crippen molar-refractivity contribution < 1.29 is 57.1 Å². The minimum atomic E-state index is -0.676. The normalized spacial score (nSPS) is 12.1. The molecule has 0 N–H and O–H groups in total. The second-order valence-corrected chi connectivity index (χ2v) is 17.4. The van der Waals surface area contributed by atoms with E-state index in [2.05, 4.69) is 11.8 Å². The van der Waals surface area contributed by atoms with Gasteiger partial charge in [0, 0.05) is 0 Å². The lowest BCUT2D eigenvalue weighted by Crippen LogP contribution is -2.29. The van der Waals surface area contributed by atoms with Crippen LogP contribution >= 0.6 is 0 Å². The molecule has 70 heavy (non-hydrogen) atoms. The molecule has 0 heterocycles. The highest BCUT2D eigenvalue weighted by Gasteiger charge is 2.31. The SMILES string of the molecule is [C-]#[N+]c1ccc(OC(=O)c2ccc(OCCCCCCOC(=O)C(CC)CC(CC(C)C(=O)OC)C(=O)OCCCCCCOc3ccc(C(=O)Oc4ccc(CCCCCC)cc4)cc3)cc2)cc1. The molecule has 0 aliphatic heterocycles. The van der Waals surface area contributed by atoms with E-state index in [0.29, 0.717) is 72.3 Å². The van der Waals surface area contributed by atoms with Gasteiger partial charge in [0.15, 0.2) is 5.69 Å². The average Bonchev–Trinajstić information content (AvgIpc) is 3.38. The zero-order chi connectivity index (χ0) is 50.4. The van der Waals surface area contributed by atoms with Gasteiger partial charge in [0.2, 0.25) is 0 Å². The summed E-state index contributed by atoms with van der Waals surface area (Å²) >= 11 is 0. The number of ether oxygens (including phenoxy) is 7. The molecule has 0 bridgehead atoms. The van der Waals surface area contributed by atoms with Crippen molar-refractivity contribution in [3.63, 3.8) is 0 Å². The topological polar surface area (TPSA) is 154 Å². The number of nitrogens with zero attached hydrogens (tertiary/aromatic N) is 1. The fourth-order valence-electron chi connectivity index (χ4n) is 7.64. The van der Waals surface area contributed by atoms with Crippen LogP contribution in [0.3, 0.4) is 0 Å². The molecule has 0 fully saturated rings. The van der Waals surface area contributed by atoms with Crippen molar-refractivity contribution in [2.75, 3.05) is 33.5 Å². The highest BCUT2D eigenvalue weighted by Crippen LogP contribution is 2.27. The number of carbonyl (C=O) groups excluding carboxylic acids is 5. The predicted octanol–water partition coefficient (Wildman–Crippen LogP) is 12.7. The molecule has 4 aromatic rings. The molecule has 0 aromatic heterocycles. The Labute approximate surface area is 414 Å². The molecular formula is C57H71NO12. The zero-order valence-corrected chi connectivity index (χ0v) is 41.5. The van der Waals surface area contributed by atoms with Gasteiger partial charge < -0.3 is 33.2 Å². The molecule has 0 aliphatic carbocycles. The third-order valence-corrected chi connectivity index (χ3v) is 11.9. The third-order valence-electron chi connectivity index (χ3n) is 11.9. The summed E-state index contributed by atoms with van der Waals surface area (Å²) in [7, 11) is 1.31. The monoisotopic (exact) mass is 961 g/mol. The van der Waals surface area contributed by atoms with E-state index in [9.17, 15) is 24.0 Å². The number of aryl methyl sites for hydroxylation is 1. The Balaban J connectivity index is 1.07. The molecule has 13 nitrogen and oxygen atoms in total. The maximum absolute atomic E-state index is 13.4. The van der Waals surface area contributed by atoms with E-state index in [0.717, 1.165) is 51.4 Å². The lowest BCUT2D eigenvalue weighted by molar-refractivity contribution is -0.154. The van der Waals surface area contributed by atoms with E-state index in [4.69, 9.17) is 39.7 Å². The molecule has 376 valence electrons. The quantitative estimate of drug-likeness (QED) is 0.0147. The van der Waals surface area contributed by atoms with E-state index in [1.54, 1.807) is 79.7 Å². The van der Waals surface area contributed by atoms with Crippen LogP contribution in [0.25, 0.3) is 4.85 Å². The number of hydrogen-bond acceptors (Lipinski definition) is 12. The fourth-order valence-corrected chi connectivity index (χ4v) is 7.64. The summed E-state index contributed by atoms with van der Waals surface area (Å²) in [5, 5.41) is 0. The fraction of sp³-hybridized carbons (Fsp3) is 0.474. The maximum Gasteiger partial charge on any atom is 0.343 e. The molecule has 3 atom stereocenters. The molecule has 0 spiro atoms. The van der Waals surface area contributed by atoms with Gasteiger partial charge in [-0.05, 0) is 162 Å². The number of benzene rings is 4. The second-order valence-electron chi connectivity index (χ2n) is 17.4. The van der Waals surface area contributed by atoms with Crippen LogP contribution in [0.4, 0.5) is 5.69 Å². The molecule has 4 aromatic carbocycles. The Morgan fingerprint density at radius 1 is 0.500 bits per heavy atom. The standard InChI is InChI=1S/C57H71NO12/c1-6-8-9-14-19-43-20-28-51(29-21-43)69-56(62)45-22-30-49(31-23-45)66-37-16-11-13-18-39-68-55(61)47(40-42(3)53(59)64-5)41-44(7-2)54(60)67-38-17-12-10-15-36-65-50-32-24-46(25-33-50)57(63)70-52-34-26-48(58-4)27-35-52/h20-35,42,44,47H,6-19,36-41H2,1-3,5H3. The van der Waals surface area contributed by atoms with Crippen molar-refractivity contribution in [2.45, 2.75) is 124 Å². The molecule has 13 heteroatoms. The van der Waals surface area contributed by atoms with Gasteiger partial charge in [0.25, 0.3) is 0 Å². The van der Waals surface area contributed by atoms with E-state index >= 15 is 0 Å². The van der Waals surface area contributed by atoms with Crippen LogP contribution in [-0.4, -0.2) is 63.4 Å². The summed E-state index contributed by atoms with van der Waals surface area (Å²) in [4.78, 5) is 67.3. The Kier molecular flexibility index (Phi) is 25.7. The van der Waals surface area contributed by atoms with Gasteiger partial charge in [-0.1, -0.05) is 64.3 Å². The molecule has 4 rings (SSSR count). The van der Waals surface area contributed by atoms with E-state index in [1.165, 1.54) is 31.9 Å². The summed E-state index contributed by atoms with van der Waals surface area (Å²) in [6.07, 6.45) is 13.0. The first-order chi connectivity index (χ1) is 34.0. The molecule has 3 unspecified atom stereocenters. The predicted molar refractivity (Wildman–Crippen MR) is 267 cm³/mol. The Bertz CT molecular complexity index is 2220. The Morgan fingerprint density at radius 2 is 0.943 bits per heavy atom. The summed E-state index contributed by atoms with van der Waals surface area (Å²) in [5.41, 5.74) is 2.52. The van der Waals surface area contributed by atoms with E-state index < -0.39 is 41.6 Å². The van der Waals surface area contributed by atoms with Crippen LogP contribution in [0.2, 0.25) is 0 Å². The largest absolute Gasteiger partial charge is 0.494 e. The van der Waals surface area contributed by atoms with Crippen molar-refractivity contribution in [2.24, 2.45) is 17.8 Å². The van der Waals surface area contributed by atoms with Crippen LogP contribution < -0.4 is 18.9 Å². The van der Waals surface area contributed by atoms with E-state index in [-0.39, 0.29) is 32.0 Å². The van der Waals surface area contributed by atoms with Gasteiger partial charge in [0.1, 0.15) is 23.0 Å². The van der Waals surface area contributed by atoms with Crippen LogP contribution in [0.5, 0.6) is 23.0 Å². The van der Waals surface area contributed by atoms with Gasteiger partial charge in [-0.25, -0.2) is 14.4 Å². The molecule has 0 saturated carbocycles. The molecule has 0 aliphatic rings. The summed E-state index contributed by atoms with van der Waals surface area (Å²) < 4.78 is 38.9. The van der Waals surface area contributed by atoms with Crippen LogP contribution in [0.1, 0.15) is 143 Å². The van der Waals surface area contributed by atoms with Gasteiger partial charge in [-0.15, -0.1) is 0 Å². The van der Waals surface area contributed by atoms with Crippen molar-refractivity contribution in [3.05, 3.63) is 125 Å². The smallest absolute Gasteiger partial charge is 0.343 e. The Hall–Kier alpha value is -6.68. The minimum Gasteiger partial charge on any atom is -0.494 e. The average molecular weight is 962 g/mol. The number of rotatable bonds is 33. The number of methoxy groups -OCH3 is 1. The van der Waals surface area contributed by atoms with Gasteiger partial charge in [0.05, 0.1) is 69.0 Å². The van der Waals surface area contributed by atoms with Crippen molar-refractivity contribution >= 4 is 35.5 Å². The van der Waals surface area contributed by atoms with Gasteiger partial charge in [-0.2, -0.15) is 0 Å². The number of unbranched alkanes of at least 4 members (excludes halogenated alkanes) is 9. The zero-order valence-electron chi connectivity index (χ0n) is 41.5. The van der Waals surface area contributed by atoms with Crippen molar-refractivity contribution in [1.82, 2.24) is 0 Å². The highest BCUT2D eigenvalue weighted by molar-refractivity contribution is 5.91. The highest BCUT2D eigenvalue weighted by atomic mass is 16.5. The van der Waals surface area contributed by atoms with Crippen molar-refractivity contribution in [1.29, 1.82) is 0 Å². The third kappa shape index (κ3) is 20.9. The Morgan fingerprint density at radius 3 is 1.40 bits per heavy atom. The van der Waals surface area contributed by atoms with E-state index in [1.807, 2.05) is 31.2 Å². The number of esters is 5. The minimum absolute atomic E-state index is 0.196. The van der Waals surface area contributed by atoms with Crippen LogP contribution in [-0.2, 0) is 35.0 Å². The lowest BCUT2D eigenvalue weighted by Gasteiger charge is -2.22. The maximum atomic E-state index is 13.4. The molecule has 0 amide bonds. The first-order valence-electron chi connectivity index (χ1n) is 24.9. The molecule has 0 radical (unpaired) electrons. The summed E-state index contributed by atoms with van der Waals surface area (Å²) in [6, 6.07) is 27.6. The van der Waals surface area contributed by atoms with Crippen molar-refractivity contribution in [3.8, 4) is 23.0 Å². The van der Waals surface area contributed by atoms with Crippen LogP contribution in [0, 0.1) is 24.3 Å². The van der Waals surface area contributed by atoms with Crippen LogP contribution in [0.15, 0.2) is 97.1 Å².